The molecular formula is C26H30N4O2. The number of hydrogen-bond acceptors (Lipinski definition) is 3. The molecule has 1 saturated heterocycles. The van der Waals surface area contributed by atoms with Crippen LogP contribution in [0.1, 0.15) is 47.1 Å². The normalized spacial score (nSPS) is 16.7. The van der Waals surface area contributed by atoms with Crippen LogP contribution in [0.3, 0.4) is 0 Å². The van der Waals surface area contributed by atoms with E-state index < -0.39 is 0 Å². The zero-order valence-corrected chi connectivity index (χ0v) is 18.9. The van der Waals surface area contributed by atoms with Gasteiger partial charge >= 0.3 is 0 Å². The Kier molecular flexibility index (Phi) is 6.40. The van der Waals surface area contributed by atoms with Crippen LogP contribution in [0.5, 0.6) is 0 Å². The number of nitrogens with one attached hydrogen (secondary N) is 2. The van der Waals surface area contributed by atoms with E-state index in [1.807, 2.05) is 18.2 Å². The molecule has 32 heavy (non-hydrogen) atoms. The Balaban J connectivity index is 1.56. The Bertz CT molecular complexity index is 1100. The van der Waals surface area contributed by atoms with Crippen LogP contribution < -0.4 is 5.32 Å². The largest absolute Gasteiger partial charge is 0.354 e. The molecule has 4 rings (SSSR count). The molecule has 3 aromatic rings. The minimum Gasteiger partial charge on any atom is -0.354 e. The van der Waals surface area contributed by atoms with E-state index in [0.29, 0.717) is 31.7 Å². The molecule has 6 heteroatoms. The van der Waals surface area contributed by atoms with Crippen LogP contribution >= 0.6 is 0 Å². The Morgan fingerprint density at radius 2 is 1.91 bits per heavy atom. The second-order valence-corrected chi connectivity index (χ2v) is 8.83. The van der Waals surface area contributed by atoms with E-state index in [9.17, 15) is 9.59 Å². The van der Waals surface area contributed by atoms with Gasteiger partial charge < -0.3 is 10.2 Å². The highest BCUT2D eigenvalue weighted by Crippen LogP contribution is 2.27. The monoisotopic (exact) mass is 430 g/mol. The molecule has 0 spiro atoms. The SMILES string of the molecule is Cc1ccc(-c2ccccc2C[C@H]2CN(C(=O)c3cc(C(C)C)[nH]n3)CCNC2=O)cc1. The lowest BCUT2D eigenvalue weighted by atomic mass is 9.91. The molecule has 2 aromatic carbocycles. The summed E-state index contributed by atoms with van der Waals surface area (Å²) in [4.78, 5) is 27.7. The maximum Gasteiger partial charge on any atom is 0.274 e. The molecular weight excluding hydrogens is 400 g/mol. The fourth-order valence-corrected chi connectivity index (χ4v) is 4.12. The van der Waals surface area contributed by atoms with E-state index in [0.717, 1.165) is 22.4 Å². The first-order valence-electron chi connectivity index (χ1n) is 11.2. The number of aromatic amines is 1. The molecule has 0 bridgehead atoms. The van der Waals surface area contributed by atoms with Crippen LogP contribution in [-0.4, -0.2) is 46.5 Å². The second kappa shape index (κ2) is 9.39. The minimum atomic E-state index is -0.323. The van der Waals surface area contributed by atoms with Gasteiger partial charge in [-0.1, -0.05) is 67.9 Å². The van der Waals surface area contributed by atoms with E-state index >= 15 is 0 Å². The Labute approximate surface area is 189 Å². The van der Waals surface area contributed by atoms with Gasteiger partial charge in [-0.3, -0.25) is 14.7 Å². The maximum atomic E-state index is 13.1. The van der Waals surface area contributed by atoms with Gasteiger partial charge in [0.05, 0.1) is 5.92 Å². The van der Waals surface area contributed by atoms with Crippen molar-refractivity contribution < 1.29 is 9.59 Å². The van der Waals surface area contributed by atoms with E-state index in [2.05, 4.69) is 72.7 Å². The number of aryl methyl sites for hydroxylation is 1. The van der Waals surface area contributed by atoms with Crippen molar-refractivity contribution in [2.75, 3.05) is 19.6 Å². The number of hydrogen-bond donors (Lipinski definition) is 2. The second-order valence-electron chi connectivity index (χ2n) is 8.83. The predicted molar refractivity (Wildman–Crippen MR) is 125 cm³/mol. The van der Waals surface area contributed by atoms with Crippen LogP contribution in [0.25, 0.3) is 11.1 Å². The summed E-state index contributed by atoms with van der Waals surface area (Å²) in [7, 11) is 0. The van der Waals surface area contributed by atoms with Crippen molar-refractivity contribution in [3.8, 4) is 11.1 Å². The van der Waals surface area contributed by atoms with Crippen molar-refractivity contribution in [2.24, 2.45) is 5.92 Å². The average Bonchev–Trinajstić information content (AvgIpc) is 3.22. The molecule has 2 heterocycles. The van der Waals surface area contributed by atoms with Gasteiger partial charge in [-0.25, -0.2) is 0 Å². The van der Waals surface area contributed by atoms with Crippen molar-refractivity contribution in [2.45, 2.75) is 33.1 Å². The van der Waals surface area contributed by atoms with Gasteiger partial charge in [0.1, 0.15) is 5.69 Å². The standard InChI is InChI=1S/C26H30N4O2/c1-17(2)23-15-24(29-28-23)26(32)30-13-12-27-25(31)21(16-30)14-20-6-4-5-7-22(20)19-10-8-18(3)9-11-19/h4-11,15,17,21H,12-14,16H2,1-3H3,(H,27,31)(H,28,29)/t21-/m0/s1. The lowest BCUT2D eigenvalue weighted by Crippen LogP contribution is -2.37. The lowest BCUT2D eigenvalue weighted by molar-refractivity contribution is -0.124. The van der Waals surface area contributed by atoms with Gasteiger partial charge in [0.2, 0.25) is 5.91 Å². The van der Waals surface area contributed by atoms with Crippen molar-refractivity contribution >= 4 is 11.8 Å². The summed E-state index contributed by atoms with van der Waals surface area (Å²) in [5.74, 6) is -0.204. The van der Waals surface area contributed by atoms with Gasteiger partial charge in [-0.05, 0) is 42.0 Å². The Morgan fingerprint density at radius 3 is 2.62 bits per heavy atom. The quantitative estimate of drug-likeness (QED) is 0.644. The maximum absolute atomic E-state index is 13.1. The van der Waals surface area contributed by atoms with Gasteiger partial charge in [0, 0.05) is 25.3 Å². The molecule has 0 saturated carbocycles. The van der Waals surface area contributed by atoms with Crippen molar-refractivity contribution in [3.05, 3.63) is 77.1 Å². The highest BCUT2D eigenvalue weighted by Gasteiger charge is 2.30. The summed E-state index contributed by atoms with van der Waals surface area (Å²) in [5.41, 5.74) is 5.90. The zero-order valence-electron chi connectivity index (χ0n) is 18.9. The molecule has 2 N–H and O–H groups in total. The third kappa shape index (κ3) is 4.74. The van der Waals surface area contributed by atoms with Crippen LogP contribution in [0.2, 0.25) is 0 Å². The fraction of sp³-hybridized carbons (Fsp3) is 0.346. The number of nitrogens with zero attached hydrogens (tertiary/aromatic N) is 2. The first kappa shape index (κ1) is 21.8. The van der Waals surface area contributed by atoms with E-state index in [4.69, 9.17) is 0 Å². The number of aromatic nitrogens is 2. The van der Waals surface area contributed by atoms with Crippen LogP contribution in [0.4, 0.5) is 0 Å². The van der Waals surface area contributed by atoms with Crippen molar-refractivity contribution in [1.82, 2.24) is 20.4 Å². The summed E-state index contributed by atoms with van der Waals surface area (Å²) in [6, 6.07) is 18.4. The summed E-state index contributed by atoms with van der Waals surface area (Å²) >= 11 is 0. The van der Waals surface area contributed by atoms with Crippen molar-refractivity contribution in [3.63, 3.8) is 0 Å². The van der Waals surface area contributed by atoms with Gasteiger partial charge in [-0.15, -0.1) is 0 Å². The summed E-state index contributed by atoms with van der Waals surface area (Å²) < 4.78 is 0. The van der Waals surface area contributed by atoms with E-state index in [1.165, 1.54) is 5.56 Å². The molecule has 0 aliphatic carbocycles. The highest BCUT2D eigenvalue weighted by molar-refractivity contribution is 5.93. The van der Waals surface area contributed by atoms with Crippen LogP contribution in [0.15, 0.2) is 54.6 Å². The molecule has 6 nitrogen and oxygen atoms in total. The van der Waals surface area contributed by atoms with Gasteiger partial charge in [-0.2, -0.15) is 5.10 Å². The third-order valence-corrected chi connectivity index (χ3v) is 6.06. The van der Waals surface area contributed by atoms with Crippen molar-refractivity contribution in [1.29, 1.82) is 0 Å². The smallest absolute Gasteiger partial charge is 0.274 e. The summed E-state index contributed by atoms with van der Waals surface area (Å²) in [6.45, 7) is 7.47. The predicted octanol–water partition coefficient (Wildman–Crippen LogP) is 3.94. The molecule has 1 fully saturated rings. The van der Waals surface area contributed by atoms with Gasteiger partial charge in [0.25, 0.3) is 5.91 Å². The number of H-pyrrole nitrogens is 1. The molecule has 1 aliphatic heterocycles. The van der Waals surface area contributed by atoms with Crippen LogP contribution in [-0.2, 0) is 11.2 Å². The van der Waals surface area contributed by atoms with Crippen LogP contribution in [0, 0.1) is 12.8 Å². The topological polar surface area (TPSA) is 78.1 Å². The summed E-state index contributed by atoms with van der Waals surface area (Å²) in [6.07, 6.45) is 0.567. The number of amides is 2. The highest BCUT2D eigenvalue weighted by atomic mass is 16.2. The number of carbonyl (C=O) groups excluding carboxylic acids is 2. The third-order valence-electron chi connectivity index (χ3n) is 6.06. The zero-order chi connectivity index (χ0) is 22.7. The molecule has 1 aliphatic rings. The number of benzene rings is 2. The Morgan fingerprint density at radius 1 is 1.16 bits per heavy atom. The molecule has 0 unspecified atom stereocenters. The number of rotatable bonds is 5. The molecule has 166 valence electrons. The molecule has 1 atom stereocenters. The molecule has 0 radical (unpaired) electrons. The first-order chi connectivity index (χ1) is 15.4. The van der Waals surface area contributed by atoms with E-state index in [1.54, 1.807) is 4.90 Å². The molecule has 2 amide bonds. The average molecular weight is 431 g/mol. The van der Waals surface area contributed by atoms with Gasteiger partial charge in [0.15, 0.2) is 0 Å². The number of carbonyl (C=O) groups is 2. The first-order valence-corrected chi connectivity index (χ1v) is 11.2. The fourth-order valence-electron chi connectivity index (χ4n) is 4.12. The molecule has 1 aromatic heterocycles. The Hall–Kier alpha value is -3.41. The summed E-state index contributed by atoms with van der Waals surface area (Å²) in [5, 5.41) is 10.1. The minimum absolute atomic E-state index is 0.0103. The lowest BCUT2D eigenvalue weighted by Gasteiger charge is -2.23. The van der Waals surface area contributed by atoms with E-state index in [-0.39, 0.29) is 23.7 Å².